The van der Waals surface area contributed by atoms with Crippen molar-refractivity contribution in [1.82, 2.24) is 0 Å². The highest BCUT2D eigenvalue weighted by atomic mass is 35.5. The van der Waals surface area contributed by atoms with Crippen LogP contribution >= 0.6 is 11.6 Å². The zero-order valence-electron chi connectivity index (χ0n) is 5.63. The molecule has 0 saturated heterocycles. The van der Waals surface area contributed by atoms with E-state index in [1.165, 1.54) is 7.11 Å². The van der Waals surface area contributed by atoms with Crippen molar-refractivity contribution in [3.05, 3.63) is 0 Å². The summed E-state index contributed by atoms with van der Waals surface area (Å²) in [6.07, 6.45) is -0.771. The molecule has 0 unspecified atom stereocenters. The lowest BCUT2D eigenvalue weighted by Crippen LogP contribution is -2.10. The third kappa shape index (κ3) is 5.65. The number of halogens is 1. The molecule has 0 aliphatic heterocycles. The maximum absolute atomic E-state index is 10.3. The van der Waals surface area contributed by atoms with Crippen LogP contribution < -0.4 is 0 Å². The quantitative estimate of drug-likeness (QED) is 0.357. The van der Waals surface area contributed by atoms with E-state index < -0.39 is 6.16 Å². The van der Waals surface area contributed by atoms with Crippen molar-refractivity contribution >= 4 is 17.8 Å². The first kappa shape index (κ1) is 9.52. The second-order valence-corrected chi connectivity index (χ2v) is 1.56. The minimum atomic E-state index is -0.771. The minimum absolute atomic E-state index is 0.187. The summed E-state index contributed by atoms with van der Waals surface area (Å²) in [6, 6.07) is -0.189. The Morgan fingerprint density at radius 1 is 1.40 bits per heavy atom. The fourth-order valence-electron chi connectivity index (χ4n) is 0.295. The molecule has 10 heavy (non-hydrogen) atoms. The Hall–Kier alpha value is -0.480. The molecule has 0 amide bonds. The number of hydrogen-bond donors (Lipinski definition) is 0. The topological polar surface area (TPSA) is 44.8 Å². The van der Waals surface area contributed by atoms with Crippen LogP contribution in [-0.2, 0) is 14.2 Å². The third-order valence-corrected chi connectivity index (χ3v) is 0.789. The lowest BCUT2D eigenvalue weighted by atomic mass is 10.8. The number of methoxy groups -OCH3 is 1. The van der Waals surface area contributed by atoms with E-state index in [9.17, 15) is 4.79 Å². The van der Waals surface area contributed by atoms with Gasteiger partial charge in [0.2, 0.25) is 0 Å². The molecule has 0 aromatic heterocycles. The second kappa shape index (κ2) is 6.64. The number of carbonyl (C=O) groups excluding carboxylic acids is 1. The van der Waals surface area contributed by atoms with Crippen molar-refractivity contribution < 1.29 is 19.0 Å². The summed E-state index contributed by atoms with van der Waals surface area (Å²) in [5.74, 6) is 0. The molecule has 0 spiro atoms. The Kier molecular flexibility index (Phi) is 6.32. The van der Waals surface area contributed by atoms with Gasteiger partial charge in [0, 0.05) is 7.11 Å². The highest BCUT2D eigenvalue weighted by Crippen LogP contribution is 1.86. The monoisotopic (exact) mass is 168 g/mol. The van der Waals surface area contributed by atoms with Gasteiger partial charge in [0.15, 0.2) is 6.07 Å². The summed E-state index contributed by atoms with van der Waals surface area (Å²) < 4.78 is 13.3. The summed E-state index contributed by atoms with van der Waals surface area (Å²) >= 11 is 5.05. The molecule has 0 atom stereocenters. The first-order valence-electron chi connectivity index (χ1n) is 2.65. The highest BCUT2D eigenvalue weighted by molar-refractivity contribution is 6.17. The summed E-state index contributed by atoms with van der Waals surface area (Å²) in [6.45, 7) is 0.545. The van der Waals surface area contributed by atoms with Crippen LogP contribution in [0.4, 0.5) is 4.79 Å². The standard InChI is InChI=1S/C5H9ClO4/c1-8-2-3-9-5(7)10-4-6/h2-4H2,1H3. The lowest BCUT2D eigenvalue weighted by molar-refractivity contribution is 0.0459. The number of hydrogen-bond acceptors (Lipinski definition) is 4. The maximum Gasteiger partial charge on any atom is 0.509 e. The Morgan fingerprint density at radius 2 is 2.10 bits per heavy atom. The van der Waals surface area contributed by atoms with Gasteiger partial charge >= 0.3 is 6.16 Å². The van der Waals surface area contributed by atoms with E-state index in [0.717, 1.165) is 0 Å². The van der Waals surface area contributed by atoms with Crippen LogP contribution in [0.15, 0.2) is 0 Å². The molecule has 0 radical (unpaired) electrons. The van der Waals surface area contributed by atoms with Crippen LogP contribution in [0.25, 0.3) is 0 Å². The molecule has 0 bridgehead atoms. The van der Waals surface area contributed by atoms with E-state index in [4.69, 9.17) is 11.6 Å². The van der Waals surface area contributed by atoms with Gasteiger partial charge in [0.05, 0.1) is 6.61 Å². The van der Waals surface area contributed by atoms with Gasteiger partial charge in [-0.05, 0) is 0 Å². The molecule has 5 heteroatoms. The van der Waals surface area contributed by atoms with Crippen LogP contribution in [0.3, 0.4) is 0 Å². The minimum Gasteiger partial charge on any atom is -0.432 e. The van der Waals surface area contributed by atoms with Gasteiger partial charge < -0.3 is 14.2 Å². The fraction of sp³-hybridized carbons (Fsp3) is 0.800. The van der Waals surface area contributed by atoms with E-state index in [1.807, 2.05) is 0 Å². The SMILES string of the molecule is COCCOC(=O)OCCl. The van der Waals surface area contributed by atoms with Crippen molar-refractivity contribution in [1.29, 1.82) is 0 Å². The van der Waals surface area contributed by atoms with Gasteiger partial charge in [-0.15, -0.1) is 0 Å². The first-order valence-corrected chi connectivity index (χ1v) is 3.19. The Balaban J connectivity index is 3.05. The van der Waals surface area contributed by atoms with Crippen molar-refractivity contribution in [2.24, 2.45) is 0 Å². The largest absolute Gasteiger partial charge is 0.509 e. The fourth-order valence-corrected chi connectivity index (χ4v) is 0.384. The molecular formula is C5H9ClO4. The van der Waals surface area contributed by atoms with E-state index in [2.05, 4.69) is 14.2 Å². The predicted octanol–water partition coefficient (Wildman–Crippen LogP) is 0.982. The highest BCUT2D eigenvalue weighted by Gasteiger charge is 1.99. The number of carbonyl (C=O) groups is 1. The first-order chi connectivity index (χ1) is 4.81. The average molecular weight is 169 g/mol. The van der Waals surface area contributed by atoms with Gasteiger partial charge in [-0.1, -0.05) is 11.6 Å². The molecule has 0 aromatic carbocycles. The second-order valence-electron chi connectivity index (χ2n) is 1.34. The van der Waals surface area contributed by atoms with Crippen LogP contribution in [-0.4, -0.2) is 32.5 Å². The van der Waals surface area contributed by atoms with Crippen molar-refractivity contribution in [3.63, 3.8) is 0 Å². The Morgan fingerprint density at radius 3 is 2.60 bits per heavy atom. The molecule has 0 N–H and O–H groups in total. The van der Waals surface area contributed by atoms with E-state index >= 15 is 0 Å². The van der Waals surface area contributed by atoms with Crippen LogP contribution in [0, 0.1) is 0 Å². The summed E-state index contributed by atoms with van der Waals surface area (Å²) in [7, 11) is 1.51. The summed E-state index contributed by atoms with van der Waals surface area (Å²) in [5, 5.41) is 0. The van der Waals surface area contributed by atoms with Gasteiger partial charge in [-0.3, -0.25) is 0 Å². The number of ether oxygens (including phenoxy) is 3. The summed E-state index contributed by atoms with van der Waals surface area (Å²) in [4.78, 5) is 10.3. The van der Waals surface area contributed by atoms with Crippen molar-refractivity contribution in [3.8, 4) is 0 Å². The van der Waals surface area contributed by atoms with Crippen LogP contribution in [0.1, 0.15) is 0 Å². The van der Waals surface area contributed by atoms with Gasteiger partial charge in [0.25, 0.3) is 0 Å². The molecular weight excluding hydrogens is 160 g/mol. The third-order valence-electron chi connectivity index (χ3n) is 0.680. The Labute approximate surface area is 64.0 Å². The molecule has 60 valence electrons. The molecule has 0 aliphatic rings. The zero-order valence-corrected chi connectivity index (χ0v) is 6.39. The van der Waals surface area contributed by atoms with Crippen molar-refractivity contribution in [2.45, 2.75) is 0 Å². The number of rotatable bonds is 4. The maximum atomic E-state index is 10.3. The Bertz CT molecular complexity index is 95.6. The molecule has 4 nitrogen and oxygen atoms in total. The summed E-state index contributed by atoms with van der Waals surface area (Å²) in [5.41, 5.74) is 0. The van der Waals surface area contributed by atoms with Crippen LogP contribution in [0.5, 0.6) is 0 Å². The van der Waals surface area contributed by atoms with Crippen LogP contribution in [0.2, 0.25) is 0 Å². The van der Waals surface area contributed by atoms with E-state index in [1.54, 1.807) is 0 Å². The van der Waals surface area contributed by atoms with E-state index in [0.29, 0.717) is 6.61 Å². The van der Waals surface area contributed by atoms with Gasteiger partial charge in [-0.25, -0.2) is 4.79 Å². The number of alkyl halides is 1. The van der Waals surface area contributed by atoms with E-state index in [-0.39, 0.29) is 12.7 Å². The molecule has 0 heterocycles. The molecule has 0 aliphatic carbocycles. The van der Waals surface area contributed by atoms with Gasteiger partial charge in [-0.2, -0.15) is 0 Å². The molecule has 0 fully saturated rings. The zero-order chi connectivity index (χ0) is 7.82. The van der Waals surface area contributed by atoms with Gasteiger partial charge in [0.1, 0.15) is 6.61 Å². The normalized spacial score (nSPS) is 9.00. The molecule has 0 rings (SSSR count). The lowest BCUT2D eigenvalue weighted by Gasteiger charge is -2.01. The molecule has 0 aromatic rings. The predicted molar refractivity (Wildman–Crippen MR) is 35.0 cm³/mol. The molecule has 0 saturated carbocycles. The average Bonchev–Trinajstić information content (AvgIpc) is 1.89. The smallest absolute Gasteiger partial charge is 0.432 e. The van der Waals surface area contributed by atoms with Crippen molar-refractivity contribution in [2.75, 3.05) is 26.4 Å².